The molecule has 0 spiro atoms. The molecule has 1 aromatic rings. The second-order valence-corrected chi connectivity index (χ2v) is 9.69. The average Bonchev–Trinajstić information content (AvgIpc) is 3.31. The molecular formula is C25H36N4O8. The molecule has 7 N–H and O–H groups in total. The highest BCUT2D eigenvalue weighted by Crippen LogP contribution is 2.21. The maximum Gasteiger partial charge on any atom is 0.326 e. The molecule has 0 aromatic heterocycles. The number of nitrogens with one attached hydrogen (secondary N) is 2. The molecule has 1 fully saturated rings. The molecule has 0 radical (unpaired) electrons. The average molecular weight is 521 g/mol. The molecule has 12 heteroatoms. The molecule has 0 bridgehead atoms. The maximum atomic E-state index is 13.5. The quantitative estimate of drug-likeness (QED) is 0.210. The summed E-state index contributed by atoms with van der Waals surface area (Å²) in [5, 5.41) is 32.7. The van der Waals surface area contributed by atoms with Crippen molar-refractivity contribution in [2.24, 2.45) is 11.7 Å². The van der Waals surface area contributed by atoms with Crippen LogP contribution in [0, 0.1) is 5.92 Å². The van der Waals surface area contributed by atoms with Crippen molar-refractivity contribution < 1.29 is 39.3 Å². The summed E-state index contributed by atoms with van der Waals surface area (Å²) in [5.41, 5.74) is 6.80. The molecule has 4 atom stereocenters. The number of likely N-dealkylation sites (tertiary alicyclic amines) is 1. The highest BCUT2D eigenvalue weighted by Gasteiger charge is 2.39. The smallest absolute Gasteiger partial charge is 0.326 e. The third kappa shape index (κ3) is 9.05. The standard InChI is InChI=1S/C25H36N4O8/c1-14(2)12-19(28-22(33)17(26)13-15-5-7-16(30)8-6-15)24(35)29-11-3-4-20(29)23(34)27-18(25(36)37)9-10-21(31)32/h5-8,14,17-20,30H,3-4,9-13,26H2,1-2H3,(H,27,34)(H,28,33)(H,31,32)(H,36,37). The molecule has 1 saturated heterocycles. The number of aromatic hydroxyl groups is 1. The predicted molar refractivity (Wildman–Crippen MR) is 132 cm³/mol. The molecule has 204 valence electrons. The first kappa shape index (κ1) is 29.6. The molecule has 4 unspecified atom stereocenters. The summed E-state index contributed by atoms with van der Waals surface area (Å²) in [6, 6.07) is 2.05. The van der Waals surface area contributed by atoms with Gasteiger partial charge >= 0.3 is 11.9 Å². The summed E-state index contributed by atoms with van der Waals surface area (Å²) in [6.07, 6.45) is 0.596. The Morgan fingerprint density at radius 3 is 2.27 bits per heavy atom. The lowest BCUT2D eigenvalue weighted by Crippen LogP contribution is -2.57. The van der Waals surface area contributed by atoms with E-state index in [4.69, 9.17) is 10.8 Å². The minimum atomic E-state index is -1.40. The van der Waals surface area contributed by atoms with Gasteiger partial charge in [-0.2, -0.15) is 0 Å². The monoisotopic (exact) mass is 520 g/mol. The number of phenols is 1. The van der Waals surface area contributed by atoms with Crippen molar-refractivity contribution >= 4 is 29.7 Å². The van der Waals surface area contributed by atoms with E-state index in [2.05, 4.69) is 10.6 Å². The first-order valence-electron chi connectivity index (χ1n) is 12.3. The third-order valence-corrected chi connectivity index (χ3v) is 6.15. The van der Waals surface area contributed by atoms with Crippen LogP contribution >= 0.6 is 0 Å². The number of carboxylic acid groups (broad SMARTS) is 2. The highest BCUT2D eigenvalue weighted by atomic mass is 16.4. The summed E-state index contributed by atoms with van der Waals surface area (Å²) in [6.45, 7) is 4.03. The van der Waals surface area contributed by atoms with Gasteiger partial charge in [-0.05, 0) is 55.7 Å². The van der Waals surface area contributed by atoms with Crippen LogP contribution in [0.2, 0.25) is 0 Å². The Kier molecular flexibility index (Phi) is 10.9. The van der Waals surface area contributed by atoms with Gasteiger partial charge in [0, 0.05) is 13.0 Å². The van der Waals surface area contributed by atoms with Gasteiger partial charge in [-0.3, -0.25) is 19.2 Å². The fourth-order valence-electron chi connectivity index (χ4n) is 4.25. The van der Waals surface area contributed by atoms with Gasteiger partial charge in [0.1, 0.15) is 23.9 Å². The van der Waals surface area contributed by atoms with E-state index in [1.807, 2.05) is 13.8 Å². The van der Waals surface area contributed by atoms with Gasteiger partial charge in [0.25, 0.3) is 0 Å². The number of benzene rings is 1. The van der Waals surface area contributed by atoms with E-state index in [9.17, 15) is 34.2 Å². The van der Waals surface area contributed by atoms with E-state index in [1.54, 1.807) is 12.1 Å². The molecule has 1 aliphatic rings. The number of carboxylic acids is 2. The van der Waals surface area contributed by atoms with Crippen LogP contribution in [0.4, 0.5) is 0 Å². The van der Waals surface area contributed by atoms with Crippen molar-refractivity contribution in [2.75, 3.05) is 6.54 Å². The zero-order valence-electron chi connectivity index (χ0n) is 21.1. The number of hydrogen-bond donors (Lipinski definition) is 6. The summed E-state index contributed by atoms with van der Waals surface area (Å²) in [5.74, 6) is -4.11. The zero-order valence-corrected chi connectivity index (χ0v) is 21.1. The van der Waals surface area contributed by atoms with Crippen molar-refractivity contribution in [1.29, 1.82) is 0 Å². The van der Waals surface area contributed by atoms with E-state index >= 15 is 0 Å². The second kappa shape index (κ2) is 13.6. The summed E-state index contributed by atoms with van der Waals surface area (Å²) in [4.78, 5) is 62.8. The fraction of sp³-hybridized carbons (Fsp3) is 0.560. The Hall–Kier alpha value is -3.67. The zero-order chi connectivity index (χ0) is 27.7. The predicted octanol–water partition coefficient (Wildman–Crippen LogP) is 0.218. The molecule has 37 heavy (non-hydrogen) atoms. The van der Waals surface area contributed by atoms with Gasteiger partial charge in [-0.1, -0.05) is 26.0 Å². The normalized spacial score (nSPS) is 17.6. The molecule has 1 aromatic carbocycles. The Morgan fingerprint density at radius 2 is 1.70 bits per heavy atom. The van der Waals surface area contributed by atoms with Crippen LogP contribution in [0.5, 0.6) is 5.75 Å². The highest BCUT2D eigenvalue weighted by molar-refractivity contribution is 5.94. The molecule has 0 saturated carbocycles. The minimum absolute atomic E-state index is 0.0323. The van der Waals surface area contributed by atoms with Gasteiger partial charge in [-0.25, -0.2) is 4.79 Å². The van der Waals surface area contributed by atoms with Crippen molar-refractivity contribution in [3.63, 3.8) is 0 Å². The van der Waals surface area contributed by atoms with Crippen molar-refractivity contribution in [2.45, 2.75) is 76.5 Å². The first-order valence-corrected chi connectivity index (χ1v) is 12.3. The van der Waals surface area contributed by atoms with Crippen molar-refractivity contribution in [3.05, 3.63) is 29.8 Å². The lowest BCUT2D eigenvalue weighted by Gasteiger charge is -2.30. The number of hydrogen-bond acceptors (Lipinski definition) is 7. The molecule has 12 nitrogen and oxygen atoms in total. The number of aliphatic carboxylic acids is 2. The molecule has 1 aliphatic heterocycles. The molecule has 1 heterocycles. The summed E-state index contributed by atoms with van der Waals surface area (Å²) >= 11 is 0. The Balaban J connectivity index is 2.09. The molecule has 2 rings (SSSR count). The van der Waals surface area contributed by atoms with Crippen molar-refractivity contribution in [3.8, 4) is 5.75 Å². The van der Waals surface area contributed by atoms with Gasteiger partial charge < -0.3 is 36.6 Å². The van der Waals surface area contributed by atoms with E-state index in [-0.39, 0.29) is 31.1 Å². The number of rotatable bonds is 13. The van der Waals surface area contributed by atoms with E-state index in [0.29, 0.717) is 19.3 Å². The number of nitrogens with two attached hydrogens (primary N) is 1. The number of nitrogens with zero attached hydrogens (tertiary/aromatic N) is 1. The topological polar surface area (TPSA) is 199 Å². The number of carbonyl (C=O) groups excluding carboxylic acids is 3. The number of amides is 3. The molecule has 0 aliphatic carbocycles. The van der Waals surface area contributed by atoms with Crippen LogP contribution in [0.25, 0.3) is 0 Å². The second-order valence-electron chi connectivity index (χ2n) is 9.69. The van der Waals surface area contributed by atoms with Crippen LogP contribution in [-0.2, 0) is 30.4 Å². The molecular weight excluding hydrogens is 484 g/mol. The third-order valence-electron chi connectivity index (χ3n) is 6.15. The van der Waals surface area contributed by atoms with E-state index < -0.39 is 60.2 Å². The minimum Gasteiger partial charge on any atom is -0.508 e. The SMILES string of the molecule is CC(C)CC(NC(=O)C(N)Cc1ccc(O)cc1)C(=O)N1CCCC1C(=O)NC(CCC(=O)O)C(=O)O. The van der Waals surface area contributed by atoms with E-state index in [0.717, 1.165) is 5.56 Å². The van der Waals surface area contributed by atoms with Gasteiger partial charge in [-0.15, -0.1) is 0 Å². The number of carbonyl (C=O) groups is 5. The lowest BCUT2D eigenvalue weighted by atomic mass is 10.0. The largest absolute Gasteiger partial charge is 0.508 e. The van der Waals surface area contributed by atoms with Crippen LogP contribution in [0.15, 0.2) is 24.3 Å². The van der Waals surface area contributed by atoms with E-state index in [1.165, 1.54) is 17.0 Å². The number of phenolic OH excluding ortho intramolecular Hbond substituents is 1. The summed E-state index contributed by atoms with van der Waals surface area (Å²) < 4.78 is 0. The summed E-state index contributed by atoms with van der Waals surface area (Å²) in [7, 11) is 0. The Morgan fingerprint density at radius 1 is 1.05 bits per heavy atom. The van der Waals surface area contributed by atoms with Crippen LogP contribution < -0.4 is 16.4 Å². The van der Waals surface area contributed by atoms with Gasteiger partial charge in [0.2, 0.25) is 17.7 Å². The van der Waals surface area contributed by atoms with Crippen LogP contribution in [0.1, 0.15) is 51.5 Å². The molecule has 3 amide bonds. The Bertz CT molecular complexity index is 981. The first-order chi connectivity index (χ1) is 17.4. The fourth-order valence-corrected chi connectivity index (χ4v) is 4.25. The van der Waals surface area contributed by atoms with Gasteiger partial charge in [0.15, 0.2) is 0 Å². The van der Waals surface area contributed by atoms with Gasteiger partial charge in [0.05, 0.1) is 6.04 Å². The van der Waals surface area contributed by atoms with Crippen LogP contribution in [-0.4, -0.2) is 80.6 Å². The van der Waals surface area contributed by atoms with Crippen LogP contribution in [0.3, 0.4) is 0 Å². The Labute approximate surface area is 215 Å². The van der Waals surface area contributed by atoms with Crippen molar-refractivity contribution in [1.82, 2.24) is 15.5 Å². The maximum absolute atomic E-state index is 13.5. The lowest BCUT2D eigenvalue weighted by molar-refractivity contribution is -0.145.